The van der Waals surface area contributed by atoms with Gasteiger partial charge in [-0.05, 0) is 25.5 Å². The number of aromatic nitrogens is 3. The van der Waals surface area contributed by atoms with Crippen molar-refractivity contribution in [1.82, 2.24) is 20.3 Å². The molecule has 7 heteroatoms. The van der Waals surface area contributed by atoms with E-state index in [9.17, 15) is 4.79 Å². The van der Waals surface area contributed by atoms with Gasteiger partial charge in [-0.15, -0.1) is 0 Å². The van der Waals surface area contributed by atoms with Gasteiger partial charge in [0, 0.05) is 25.2 Å². The maximum atomic E-state index is 12.2. The van der Waals surface area contributed by atoms with Crippen LogP contribution in [0.2, 0.25) is 0 Å². The summed E-state index contributed by atoms with van der Waals surface area (Å²) in [4.78, 5) is 23.5. The van der Waals surface area contributed by atoms with Crippen LogP contribution in [0, 0.1) is 6.92 Å². The predicted octanol–water partition coefficient (Wildman–Crippen LogP) is 1.11. The number of nitrogens with zero attached hydrogens (tertiary/aromatic N) is 2. The minimum Gasteiger partial charge on any atom is -0.379 e. The van der Waals surface area contributed by atoms with Crippen LogP contribution in [0.1, 0.15) is 22.6 Å². The summed E-state index contributed by atoms with van der Waals surface area (Å²) in [5.74, 6) is 1.36. The van der Waals surface area contributed by atoms with Crippen LogP contribution in [-0.2, 0) is 4.74 Å². The molecule has 1 aliphatic rings. The molecule has 0 bridgehead atoms. The van der Waals surface area contributed by atoms with Gasteiger partial charge >= 0.3 is 0 Å². The number of aromatic amines is 1. The number of amides is 1. The predicted molar refractivity (Wildman–Crippen MR) is 81.7 cm³/mol. The Labute approximate surface area is 128 Å². The largest absolute Gasteiger partial charge is 0.379 e. The summed E-state index contributed by atoms with van der Waals surface area (Å²) in [5.41, 5.74) is 0.628. The molecule has 22 heavy (non-hydrogen) atoms. The van der Waals surface area contributed by atoms with Gasteiger partial charge in [-0.2, -0.15) is 0 Å². The van der Waals surface area contributed by atoms with Crippen molar-refractivity contribution in [3.63, 3.8) is 0 Å². The minimum absolute atomic E-state index is 0.00794. The Morgan fingerprint density at radius 2 is 2.32 bits per heavy atom. The lowest BCUT2D eigenvalue weighted by Gasteiger charge is -2.33. The molecule has 1 saturated heterocycles. The van der Waals surface area contributed by atoms with E-state index in [4.69, 9.17) is 4.74 Å². The normalized spacial score (nSPS) is 21.3. The number of ether oxygens (including phenoxy) is 1. The van der Waals surface area contributed by atoms with Gasteiger partial charge in [-0.3, -0.25) is 4.79 Å². The summed E-state index contributed by atoms with van der Waals surface area (Å²) in [7, 11) is 0. The highest BCUT2D eigenvalue weighted by Gasteiger charge is 2.27. The van der Waals surface area contributed by atoms with Crippen molar-refractivity contribution >= 4 is 11.7 Å². The number of carbonyl (C=O) groups is 1. The molecule has 0 aliphatic carbocycles. The third kappa shape index (κ3) is 3.43. The zero-order valence-corrected chi connectivity index (χ0v) is 12.4. The summed E-state index contributed by atoms with van der Waals surface area (Å²) < 4.78 is 5.52. The molecule has 2 atom stereocenters. The lowest BCUT2D eigenvalue weighted by Crippen LogP contribution is -2.52. The highest BCUT2D eigenvalue weighted by molar-refractivity contribution is 5.94. The van der Waals surface area contributed by atoms with Gasteiger partial charge in [-0.25, -0.2) is 9.97 Å². The van der Waals surface area contributed by atoms with E-state index in [2.05, 4.69) is 25.6 Å². The fourth-order valence-corrected chi connectivity index (χ4v) is 2.50. The van der Waals surface area contributed by atoms with E-state index < -0.39 is 0 Å². The molecule has 0 saturated carbocycles. The van der Waals surface area contributed by atoms with Crippen molar-refractivity contribution < 1.29 is 9.53 Å². The van der Waals surface area contributed by atoms with E-state index in [1.54, 1.807) is 24.7 Å². The average molecular weight is 301 g/mol. The Bertz CT molecular complexity index is 629. The molecule has 7 nitrogen and oxygen atoms in total. The quantitative estimate of drug-likeness (QED) is 0.787. The van der Waals surface area contributed by atoms with E-state index >= 15 is 0 Å². The van der Waals surface area contributed by atoms with Crippen molar-refractivity contribution in [2.24, 2.45) is 0 Å². The Morgan fingerprint density at radius 1 is 1.41 bits per heavy atom. The zero-order chi connectivity index (χ0) is 15.4. The number of carbonyl (C=O) groups excluding carboxylic acids is 1. The van der Waals surface area contributed by atoms with E-state index in [1.807, 2.05) is 13.0 Å². The summed E-state index contributed by atoms with van der Waals surface area (Å²) in [6.07, 6.45) is 5.89. The fourth-order valence-electron chi connectivity index (χ4n) is 2.50. The van der Waals surface area contributed by atoms with Crippen LogP contribution in [0.3, 0.4) is 0 Å². The van der Waals surface area contributed by atoms with E-state index in [-0.39, 0.29) is 18.0 Å². The first-order valence-corrected chi connectivity index (χ1v) is 7.30. The van der Waals surface area contributed by atoms with Crippen LogP contribution >= 0.6 is 0 Å². The second-order valence-corrected chi connectivity index (χ2v) is 5.28. The van der Waals surface area contributed by atoms with Crippen LogP contribution < -0.4 is 10.6 Å². The first kappa shape index (κ1) is 14.5. The number of anilines is 1. The maximum absolute atomic E-state index is 12.2. The number of H-pyrrole nitrogens is 1. The summed E-state index contributed by atoms with van der Waals surface area (Å²) in [5, 5.41) is 6.39. The Morgan fingerprint density at radius 3 is 3.09 bits per heavy atom. The van der Waals surface area contributed by atoms with Crippen molar-refractivity contribution in [3.05, 3.63) is 42.1 Å². The molecule has 0 radical (unpaired) electrons. The molecule has 3 heterocycles. The second kappa shape index (κ2) is 6.57. The molecule has 116 valence electrons. The van der Waals surface area contributed by atoms with Crippen molar-refractivity contribution in [2.75, 3.05) is 18.5 Å². The van der Waals surface area contributed by atoms with Gasteiger partial charge in [0.25, 0.3) is 5.91 Å². The topological polar surface area (TPSA) is 91.9 Å². The summed E-state index contributed by atoms with van der Waals surface area (Å²) >= 11 is 0. The second-order valence-electron chi connectivity index (χ2n) is 5.28. The standard InChI is InChI=1S/C15H19N5O2/c1-10-17-6-3-14(18-10)19-13-9-22-7-4-12(13)20-15(21)11-2-5-16-8-11/h2-3,5-6,8,12-13,16H,4,7,9H2,1H3,(H,20,21)(H,17,18,19)/t12-,13+/m0/s1. The first-order valence-electron chi connectivity index (χ1n) is 7.30. The number of rotatable bonds is 4. The fraction of sp³-hybridized carbons (Fsp3) is 0.400. The number of hydrogen-bond acceptors (Lipinski definition) is 5. The van der Waals surface area contributed by atoms with Gasteiger partial charge in [0.05, 0.1) is 24.3 Å². The minimum atomic E-state index is -0.0844. The number of aryl methyl sites for hydroxylation is 1. The molecule has 0 unspecified atom stereocenters. The smallest absolute Gasteiger partial charge is 0.253 e. The molecule has 1 fully saturated rings. The highest BCUT2D eigenvalue weighted by atomic mass is 16.5. The van der Waals surface area contributed by atoms with Crippen molar-refractivity contribution in [2.45, 2.75) is 25.4 Å². The van der Waals surface area contributed by atoms with Crippen LogP contribution in [0.15, 0.2) is 30.7 Å². The van der Waals surface area contributed by atoms with Crippen LogP contribution in [0.25, 0.3) is 0 Å². The zero-order valence-electron chi connectivity index (χ0n) is 12.4. The molecule has 3 rings (SSSR count). The molecule has 2 aromatic rings. The molecule has 1 amide bonds. The molecular formula is C15H19N5O2. The molecular weight excluding hydrogens is 282 g/mol. The Hall–Kier alpha value is -2.41. The third-order valence-corrected chi connectivity index (χ3v) is 3.64. The van der Waals surface area contributed by atoms with Crippen LogP contribution in [-0.4, -0.2) is 46.2 Å². The third-order valence-electron chi connectivity index (χ3n) is 3.64. The van der Waals surface area contributed by atoms with E-state index in [1.165, 1.54) is 0 Å². The molecule has 0 aromatic carbocycles. The highest BCUT2D eigenvalue weighted by Crippen LogP contribution is 2.14. The lowest BCUT2D eigenvalue weighted by atomic mass is 10.0. The van der Waals surface area contributed by atoms with E-state index in [0.717, 1.165) is 12.2 Å². The van der Waals surface area contributed by atoms with Gasteiger partial charge in [0.15, 0.2) is 0 Å². The summed E-state index contributed by atoms with van der Waals surface area (Å²) in [6.45, 7) is 3.01. The Balaban J connectivity index is 1.67. The first-order chi connectivity index (χ1) is 10.7. The van der Waals surface area contributed by atoms with Crippen LogP contribution in [0.5, 0.6) is 0 Å². The Kier molecular flexibility index (Phi) is 4.34. The van der Waals surface area contributed by atoms with Gasteiger partial charge < -0.3 is 20.4 Å². The van der Waals surface area contributed by atoms with Crippen LogP contribution in [0.4, 0.5) is 5.82 Å². The molecule has 2 aromatic heterocycles. The molecule has 1 aliphatic heterocycles. The average Bonchev–Trinajstić information content (AvgIpc) is 3.04. The number of hydrogen-bond donors (Lipinski definition) is 3. The number of nitrogens with one attached hydrogen (secondary N) is 3. The van der Waals surface area contributed by atoms with Gasteiger partial charge in [0.2, 0.25) is 0 Å². The molecule has 0 spiro atoms. The van der Waals surface area contributed by atoms with Gasteiger partial charge in [-0.1, -0.05) is 0 Å². The van der Waals surface area contributed by atoms with Crippen molar-refractivity contribution in [3.8, 4) is 0 Å². The van der Waals surface area contributed by atoms with E-state index in [0.29, 0.717) is 24.6 Å². The summed E-state index contributed by atoms with van der Waals surface area (Å²) in [6, 6.07) is 3.54. The maximum Gasteiger partial charge on any atom is 0.253 e. The molecule has 3 N–H and O–H groups in total. The monoisotopic (exact) mass is 301 g/mol. The lowest BCUT2D eigenvalue weighted by molar-refractivity contribution is 0.0620. The van der Waals surface area contributed by atoms with Crippen molar-refractivity contribution in [1.29, 1.82) is 0 Å². The van der Waals surface area contributed by atoms with Gasteiger partial charge in [0.1, 0.15) is 11.6 Å². The SMILES string of the molecule is Cc1nccc(N[C@@H]2COCC[C@@H]2NC(=O)c2cc[nH]c2)n1.